The van der Waals surface area contributed by atoms with Gasteiger partial charge in [-0.25, -0.2) is 4.57 Å². The third kappa shape index (κ3) is 1.84. The second-order valence-electron chi connectivity index (χ2n) is 2.35. The zero-order valence-corrected chi connectivity index (χ0v) is 7.36. The van der Waals surface area contributed by atoms with E-state index in [4.69, 9.17) is 4.74 Å². The Labute approximate surface area is 71.4 Å². The topological polar surface area (TPSA) is 35.1 Å². The molecule has 0 fully saturated rings. The molecule has 1 aromatic rings. The van der Waals surface area contributed by atoms with E-state index in [1.165, 1.54) is 4.57 Å². The van der Waals surface area contributed by atoms with Gasteiger partial charge in [-0.3, -0.25) is 0 Å². The average molecular weight is 169 g/mol. The summed E-state index contributed by atoms with van der Waals surface area (Å²) in [6.07, 6.45) is 4.89. The maximum atomic E-state index is 11.1. The number of hydrogen-bond acceptors (Lipinski definition) is 2. The Hall–Kier alpha value is -1.32. The summed E-state index contributed by atoms with van der Waals surface area (Å²) in [5.74, 6) is 0. The van der Waals surface area contributed by atoms with Crippen molar-refractivity contribution in [2.24, 2.45) is 0 Å². The summed E-state index contributed by atoms with van der Waals surface area (Å²) in [7, 11) is 0. The van der Waals surface area contributed by atoms with Crippen LogP contribution in [0.4, 0.5) is 4.79 Å². The van der Waals surface area contributed by atoms with Gasteiger partial charge in [0.25, 0.3) is 6.33 Å². The average Bonchev–Trinajstić information content (AvgIpc) is 2.52. The van der Waals surface area contributed by atoms with Crippen LogP contribution in [0.15, 0.2) is 18.7 Å². The fourth-order valence-electron chi connectivity index (χ4n) is 0.887. The first kappa shape index (κ1) is 8.77. The predicted octanol–water partition coefficient (Wildman–Crippen LogP) is 0.800. The molecule has 0 saturated carbocycles. The molecule has 0 aliphatic heterocycles. The number of imidazole rings is 1. The Morgan fingerprint density at radius 3 is 2.83 bits per heavy atom. The van der Waals surface area contributed by atoms with Crippen LogP contribution in [0.2, 0.25) is 0 Å². The first-order valence-corrected chi connectivity index (χ1v) is 4.02. The Morgan fingerprint density at radius 2 is 2.33 bits per heavy atom. The lowest BCUT2D eigenvalue weighted by Crippen LogP contribution is -2.29. The molecule has 12 heavy (non-hydrogen) atoms. The van der Waals surface area contributed by atoms with Crippen LogP contribution in [-0.2, 0) is 11.3 Å². The molecule has 0 aromatic carbocycles. The van der Waals surface area contributed by atoms with Crippen molar-refractivity contribution in [1.82, 2.24) is 4.57 Å². The maximum Gasteiger partial charge on any atom is 0.511 e. The fraction of sp³-hybridized carbons (Fsp3) is 0.500. The first-order valence-electron chi connectivity index (χ1n) is 4.02. The molecule has 1 heterocycles. The fourth-order valence-corrected chi connectivity index (χ4v) is 0.887. The molecule has 0 N–H and O–H groups in total. The summed E-state index contributed by atoms with van der Waals surface area (Å²) in [6.45, 7) is 5.06. The molecule has 4 heteroatoms. The number of hydrogen-bond donors (Lipinski definition) is 0. The van der Waals surface area contributed by atoms with E-state index in [-0.39, 0.29) is 6.09 Å². The van der Waals surface area contributed by atoms with E-state index in [0.717, 1.165) is 6.54 Å². The van der Waals surface area contributed by atoms with Crippen molar-refractivity contribution in [3.05, 3.63) is 18.7 Å². The van der Waals surface area contributed by atoms with Gasteiger partial charge < -0.3 is 4.74 Å². The van der Waals surface area contributed by atoms with Crippen molar-refractivity contribution in [2.45, 2.75) is 20.4 Å². The summed E-state index contributed by atoms with van der Waals surface area (Å²) in [6, 6.07) is 0. The van der Waals surface area contributed by atoms with Crippen LogP contribution >= 0.6 is 0 Å². The van der Waals surface area contributed by atoms with Crippen LogP contribution in [0, 0.1) is 0 Å². The zero-order chi connectivity index (χ0) is 8.97. The first-order chi connectivity index (χ1) is 5.77. The van der Waals surface area contributed by atoms with Gasteiger partial charge in [-0.2, -0.15) is 4.79 Å². The van der Waals surface area contributed by atoms with Crippen molar-refractivity contribution < 1.29 is 14.1 Å². The van der Waals surface area contributed by atoms with Gasteiger partial charge in [0, 0.05) is 0 Å². The summed E-state index contributed by atoms with van der Waals surface area (Å²) < 4.78 is 8.12. The molecular formula is C8H13N2O2+. The zero-order valence-electron chi connectivity index (χ0n) is 7.36. The van der Waals surface area contributed by atoms with Crippen molar-refractivity contribution in [2.75, 3.05) is 6.61 Å². The van der Waals surface area contributed by atoms with E-state index in [2.05, 4.69) is 0 Å². The minimum absolute atomic E-state index is 0.329. The van der Waals surface area contributed by atoms with E-state index >= 15 is 0 Å². The van der Waals surface area contributed by atoms with Gasteiger partial charge in [0.1, 0.15) is 12.4 Å². The third-order valence-electron chi connectivity index (χ3n) is 1.54. The highest BCUT2D eigenvalue weighted by molar-refractivity contribution is 5.69. The van der Waals surface area contributed by atoms with Gasteiger partial charge in [0.2, 0.25) is 0 Å². The molecule has 0 atom stereocenters. The lowest BCUT2D eigenvalue weighted by molar-refractivity contribution is -0.692. The van der Waals surface area contributed by atoms with Crippen LogP contribution in [-0.4, -0.2) is 17.3 Å². The molecule has 0 aliphatic rings. The molecule has 1 aromatic heterocycles. The highest BCUT2D eigenvalue weighted by atomic mass is 16.5. The molecule has 1 rings (SSSR count). The smallest absolute Gasteiger partial charge is 0.431 e. The second kappa shape index (κ2) is 3.90. The molecule has 0 spiro atoms. The highest BCUT2D eigenvalue weighted by Crippen LogP contribution is 1.88. The third-order valence-corrected chi connectivity index (χ3v) is 1.54. The Morgan fingerprint density at radius 1 is 1.58 bits per heavy atom. The second-order valence-corrected chi connectivity index (χ2v) is 2.35. The number of ether oxygens (including phenoxy) is 1. The molecule has 0 bridgehead atoms. The Kier molecular flexibility index (Phi) is 2.85. The van der Waals surface area contributed by atoms with Crippen molar-refractivity contribution >= 4 is 6.09 Å². The number of carbonyl (C=O) groups excluding carboxylic acids is 1. The van der Waals surface area contributed by atoms with Gasteiger partial charge >= 0.3 is 6.09 Å². The lowest BCUT2D eigenvalue weighted by Gasteiger charge is -1.93. The predicted molar refractivity (Wildman–Crippen MR) is 42.7 cm³/mol. The van der Waals surface area contributed by atoms with Crippen molar-refractivity contribution in [3.8, 4) is 0 Å². The van der Waals surface area contributed by atoms with Crippen LogP contribution < -0.4 is 4.57 Å². The molecule has 4 nitrogen and oxygen atoms in total. The SMILES string of the molecule is CCOC(=O)n1cc[n+](CC)c1. The molecule has 0 aliphatic carbocycles. The van der Waals surface area contributed by atoms with E-state index in [1.807, 2.05) is 17.7 Å². The van der Waals surface area contributed by atoms with Gasteiger partial charge in [-0.15, -0.1) is 4.57 Å². The van der Waals surface area contributed by atoms with E-state index in [9.17, 15) is 4.79 Å². The highest BCUT2D eigenvalue weighted by Gasteiger charge is 2.11. The number of aromatic nitrogens is 2. The normalized spacial score (nSPS) is 9.83. The van der Waals surface area contributed by atoms with Crippen LogP contribution in [0.1, 0.15) is 13.8 Å². The number of nitrogens with zero attached hydrogens (tertiary/aromatic N) is 2. The van der Waals surface area contributed by atoms with Gasteiger partial charge in [-0.1, -0.05) is 0 Å². The standard InChI is InChI=1S/C8H13N2O2/c1-3-9-5-6-10(7-9)8(11)12-4-2/h5-7H,3-4H2,1-2H3/q+1. The minimum atomic E-state index is -0.329. The Bertz CT molecular complexity index is 268. The van der Waals surface area contributed by atoms with E-state index < -0.39 is 0 Å². The lowest BCUT2D eigenvalue weighted by atomic mass is 10.7. The molecule has 0 unspecified atom stereocenters. The van der Waals surface area contributed by atoms with Gasteiger partial charge in [0.05, 0.1) is 13.2 Å². The van der Waals surface area contributed by atoms with Crippen LogP contribution in [0.25, 0.3) is 0 Å². The molecule has 0 radical (unpaired) electrons. The summed E-state index contributed by atoms with van der Waals surface area (Å²) in [5.41, 5.74) is 0. The minimum Gasteiger partial charge on any atom is -0.431 e. The summed E-state index contributed by atoms with van der Waals surface area (Å²) in [4.78, 5) is 11.1. The number of rotatable bonds is 2. The molecule has 66 valence electrons. The van der Waals surface area contributed by atoms with Crippen molar-refractivity contribution in [1.29, 1.82) is 0 Å². The molecule has 0 saturated heterocycles. The number of aryl methyl sites for hydroxylation is 1. The largest absolute Gasteiger partial charge is 0.511 e. The van der Waals surface area contributed by atoms with Crippen LogP contribution in [0.5, 0.6) is 0 Å². The number of carbonyl (C=O) groups is 1. The van der Waals surface area contributed by atoms with Gasteiger partial charge in [0.15, 0.2) is 0 Å². The maximum absolute atomic E-state index is 11.1. The van der Waals surface area contributed by atoms with E-state index in [0.29, 0.717) is 6.61 Å². The molecule has 0 amide bonds. The summed E-state index contributed by atoms with van der Waals surface area (Å²) >= 11 is 0. The van der Waals surface area contributed by atoms with Gasteiger partial charge in [-0.05, 0) is 13.8 Å². The van der Waals surface area contributed by atoms with Crippen LogP contribution in [0.3, 0.4) is 0 Å². The quantitative estimate of drug-likeness (QED) is 0.614. The van der Waals surface area contributed by atoms with Crippen molar-refractivity contribution in [3.63, 3.8) is 0 Å². The molecular weight excluding hydrogens is 156 g/mol. The summed E-state index contributed by atoms with van der Waals surface area (Å²) in [5, 5.41) is 0. The van der Waals surface area contributed by atoms with E-state index in [1.54, 1.807) is 19.4 Å². The monoisotopic (exact) mass is 169 g/mol. The Balaban J connectivity index is 2.68.